The average molecular weight is 394 g/mol. The van der Waals surface area contributed by atoms with Crippen LogP contribution in [0.1, 0.15) is 16.0 Å². The topological polar surface area (TPSA) is 37.8 Å². The van der Waals surface area contributed by atoms with E-state index in [9.17, 15) is 0 Å². The van der Waals surface area contributed by atoms with E-state index in [1.807, 2.05) is 18.4 Å². The quantitative estimate of drug-likeness (QED) is 0.460. The van der Waals surface area contributed by atoms with Crippen LogP contribution in [0.4, 0.5) is 5.13 Å². The molecule has 0 saturated carbocycles. The van der Waals surface area contributed by atoms with Gasteiger partial charge in [0.1, 0.15) is 5.01 Å². The number of aromatic nitrogens is 2. The zero-order valence-electron chi connectivity index (χ0n) is 14.0. The average Bonchev–Trinajstić information content (AvgIpc) is 3.47. The monoisotopic (exact) mass is 393 g/mol. The molecule has 1 N–H and O–H groups in total. The Morgan fingerprint density at radius 3 is 2.69 bits per heavy atom. The molecule has 0 spiro atoms. The lowest BCUT2D eigenvalue weighted by molar-refractivity contribution is 1.09. The van der Waals surface area contributed by atoms with Gasteiger partial charge in [-0.15, -0.1) is 32.9 Å². The van der Waals surface area contributed by atoms with Gasteiger partial charge in [-0.1, -0.05) is 35.6 Å². The third kappa shape index (κ3) is 2.70. The standard InChI is InChI=1S/C20H15N3S3/c1-21-20-23-22-19(26-20)13-5-4-12-6-7-14(15(12)11-13)16-8-9-18(25-16)17-3-2-10-24-17/h2-5,7-11H,6H2,1H3,(H,21,23). The molecule has 6 heteroatoms. The molecule has 1 aromatic carbocycles. The van der Waals surface area contributed by atoms with E-state index in [4.69, 9.17) is 0 Å². The van der Waals surface area contributed by atoms with Crippen LogP contribution in [0.3, 0.4) is 0 Å². The number of nitrogens with zero attached hydrogens (tertiary/aromatic N) is 2. The summed E-state index contributed by atoms with van der Waals surface area (Å²) in [7, 11) is 1.87. The van der Waals surface area contributed by atoms with Gasteiger partial charge in [0.15, 0.2) is 0 Å². The van der Waals surface area contributed by atoms with Crippen molar-refractivity contribution in [1.29, 1.82) is 0 Å². The molecule has 5 rings (SSSR count). The summed E-state index contributed by atoms with van der Waals surface area (Å²) in [6, 6.07) is 15.4. The van der Waals surface area contributed by atoms with E-state index in [1.54, 1.807) is 22.7 Å². The number of hydrogen-bond acceptors (Lipinski definition) is 6. The zero-order valence-corrected chi connectivity index (χ0v) is 16.5. The van der Waals surface area contributed by atoms with Gasteiger partial charge in [0.2, 0.25) is 5.13 Å². The van der Waals surface area contributed by atoms with Crippen molar-refractivity contribution in [2.45, 2.75) is 6.42 Å². The van der Waals surface area contributed by atoms with E-state index in [2.05, 4.69) is 69.4 Å². The summed E-state index contributed by atoms with van der Waals surface area (Å²) in [6.07, 6.45) is 3.34. The summed E-state index contributed by atoms with van der Waals surface area (Å²) in [5.41, 5.74) is 5.18. The van der Waals surface area contributed by atoms with Crippen molar-refractivity contribution in [2.75, 3.05) is 12.4 Å². The van der Waals surface area contributed by atoms with Crippen LogP contribution in [0, 0.1) is 0 Å². The van der Waals surface area contributed by atoms with Crippen molar-refractivity contribution in [3.8, 4) is 20.3 Å². The predicted molar refractivity (Wildman–Crippen MR) is 113 cm³/mol. The zero-order chi connectivity index (χ0) is 17.5. The van der Waals surface area contributed by atoms with Crippen molar-refractivity contribution in [3.63, 3.8) is 0 Å². The lowest BCUT2D eigenvalue weighted by Crippen LogP contribution is -1.87. The van der Waals surface area contributed by atoms with Crippen LogP contribution in [0.25, 0.3) is 25.9 Å². The fraction of sp³-hybridized carbons (Fsp3) is 0.100. The molecule has 0 atom stereocenters. The van der Waals surface area contributed by atoms with Crippen molar-refractivity contribution < 1.29 is 0 Å². The normalized spacial score (nSPS) is 12.9. The largest absolute Gasteiger partial charge is 0.363 e. The van der Waals surface area contributed by atoms with Gasteiger partial charge in [0.25, 0.3) is 0 Å². The molecule has 0 fully saturated rings. The highest BCUT2D eigenvalue weighted by Gasteiger charge is 2.19. The van der Waals surface area contributed by atoms with Crippen molar-refractivity contribution in [2.24, 2.45) is 0 Å². The Kier molecular flexibility index (Phi) is 3.96. The maximum absolute atomic E-state index is 4.31. The van der Waals surface area contributed by atoms with Crippen LogP contribution in [0.15, 0.2) is 53.9 Å². The molecular formula is C20H15N3S3. The number of allylic oxidation sites excluding steroid dienone is 1. The van der Waals surface area contributed by atoms with E-state index in [0.717, 1.165) is 22.1 Å². The molecule has 0 radical (unpaired) electrons. The molecule has 3 nitrogen and oxygen atoms in total. The van der Waals surface area contributed by atoms with Crippen LogP contribution < -0.4 is 5.32 Å². The molecule has 0 amide bonds. The first-order valence-electron chi connectivity index (χ1n) is 8.31. The number of fused-ring (bicyclic) bond motifs is 1. The molecular weight excluding hydrogens is 378 g/mol. The predicted octanol–water partition coefficient (Wildman–Crippen LogP) is 6.02. The number of benzene rings is 1. The summed E-state index contributed by atoms with van der Waals surface area (Å²) in [6.45, 7) is 0. The third-order valence-electron chi connectivity index (χ3n) is 4.45. The van der Waals surface area contributed by atoms with Crippen molar-refractivity contribution in [1.82, 2.24) is 10.2 Å². The molecule has 1 aliphatic carbocycles. The fourth-order valence-electron chi connectivity index (χ4n) is 3.17. The molecule has 128 valence electrons. The van der Waals surface area contributed by atoms with E-state index in [0.29, 0.717) is 0 Å². The number of thiophene rings is 2. The highest BCUT2D eigenvalue weighted by atomic mass is 32.1. The molecule has 0 bridgehead atoms. The van der Waals surface area contributed by atoms with Crippen LogP contribution >= 0.6 is 34.0 Å². The Balaban J connectivity index is 1.52. The van der Waals surface area contributed by atoms with Crippen LogP contribution in [-0.2, 0) is 6.42 Å². The number of hydrogen-bond donors (Lipinski definition) is 1. The van der Waals surface area contributed by atoms with Crippen LogP contribution in [0.5, 0.6) is 0 Å². The van der Waals surface area contributed by atoms with E-state index in [-0.39, 0.29) is 0 Å². The SMILES string of the molecule is CNc1nnc(-c2ccc3c(c2)C(c2ccc(-c4cccs4)s2)=CC3)s1. The minimum absolute atomic E-state index is 0.843. The minimum atomic E-state index is 0.843. The highest BCUT2D eigenvalue weighted by molar-refractivity contribution is 7.22. The van der Waals surface area contributed by atoms with Gasteiger partial charge in [-0.25, -0.2) is 0 Å². The van der Waals surface area contributed by atoms with E-state index in [1.165, 1.54) is 31.3 Å². The summed E-state index contributed by atoms with van der Waals surface area (Å²) in [5, 5.41) is 15.5. The summed E-state index contributed by atoms with van der Waals surface area (Å²) < 4.78 is 0. The molecule has 1 aliphatic rings. The van der Waals surface area contributed by atoms with Gasteiger partial charge in [-0.05, 0) is 52.8 Å². The minimum Gasteiger partial charge on any atom is -0.363 e. The lowest BCUT2D eigenvalue weighted by atomic mass is 10.0. The van der Waals surface area contributed by atoms with Gasteiger partial charge >= 0.3 is 0 Å². The van der Waals surface area contributed by atoms with Gasteiger partial charge in [0.05, 0.1) is 0 Å². The maximum atomic E-state index is 4.31. The molecule has 0 unspecified atom stereocenters. The first kappa shape index (κ1) is 15.9. The van der Waals surface area contributed by atoms with E-state index < -0.39 is 0 Å². The van der Waals surface area contributed by atoms with Gasteiger partial charge in [-0.3, -0.25) is 0 Å². The van der Waals surface area contributed by atoms with E-state index >= 15 is 0 Å². The number of anilines is 1. The maximum Gasteiger partial charge on any atom is 0.205 e. The van der Waals surface area contributed by atoms with Crippen molar-refractivity contribution in [3.05, 3.63) is 69.9 Å². The molecule has 0 saturated heterocycles. The number of rotatable bonds is 4. The smallest absolute Gasteiger partial charge is 0.205 e. The molecule has 4 aromatic rings. The van der Waals surface area contributed by atoms with Gasteiger partial charge in [-0.2, -0.15) is 0 Å². The first-order valence-corrected chi connectivity index (χ1v) is 10.8. The summed E-state index contributed by atoms with van der Waals surface area (Å²) >= 11 is 5.24. The Labute approximate surface area is 163 Å². The third-order valence-corrected chi connectivity index (χ3v) is 7.62. The van der Waals surface area contributed by atoms with Crippen LogP contribution in [-0.4, -0.2) is 17.2 Å². The van der Waals surface area contributed by atoms with Gasteiger partial charge in [0, 0.05) is 27.2 Å². The molecule has 0 aliphatic heterocycles. The molecule has 3 aromatic heterocycles. The molecule has 26 heavy (non-hydrogen) atoms. The molecule has 3 heterocycles. The second-order valence-corrected chi connectivity index (χ2v) is 9.01. The second-order valence-electron chi connectivity index (χ2n) is 6.00. The Morgan fingerprint density at radius 1 is 0.962 bits per heavy atom. The highest BCUT2D eigenvalue weighted by Crippen LogP contribution is 2.41. The fourth-order valence-corrected chi connectivity index (χ4v) is 5.76. The number of nitrogens with one attached hydrogen (secondary N) is 1. The second kappa shape index (κ2) is 6.46. The lowest BCUT2D eigenvalue weighted by Gasteiger charge is -2.06. The van der Waals surface area contributed by atoms with Crippen molar-refractivity contribution >= 4 is 44.7 Å². The Morgan fingerprint density at radius 2 is 1.88 bits per heavy atom. The summed E-state index contributed by atoms with van der Waals surface area (Å²) in [4.78, 5) is 4.00. The van der Waals surface area contributed by atoms with Crippen LogP contribution in [0.2, 0.25) is 0 Å². The first-order chi connectivity index (χ1) is 12.8. The van der Waals surface area contributed by atoms with Gasteiger partial charge < -0.3 is 5.32 Å². The Bertz CT molecular complexity index is 1100. The summed E-state index contributed by atoms with van der Waals surface area (Å²) in [5.74, 6) is 0. The Hall–Kier alpha value is -2.28.